The molecule has 1 aromatic carbocycles. The van der Waals surface area contributed by atoms with Gasteiger partial charge in [0, 0.05) is 12.1 Å². The molecular formula is C16H25FN2. The molecule has 2 atom stereocenters. The number of aryl methyl sites for hydroxylation is 1. The Morgan fingerprint density at radius 2 is 2.05 bits per heavy atom. The van der Waals surface area contributed by atoms with Gasteiger partial charge in [-0.1, -0.05) is 18.6 Å². The Morgan fingerprint density at radius 3 is 2.68 bits per heavy atom. The third-order valence-corrected chi connectivity index (χ3v) is 4.15. The van der Waals surface area contributed by atoms with Crippen molar-refractivity contribution in [3.63, 3.8) is 0 Å². The highest BCUT2D eigenvalue weighted by Gasteiger charge is 2.30. The second-order valence-electron chi connectivity index (χ2n) is 5.94. The zero-order valence-corrected chi connectivity index (χ0v) is 12.2. The number of hydrogen-bond donors (Lipinski definition) is 1. The van der Waals surface area contributed by atoms with Gasteiger partial charge in [-0.25, -0.2) is 4.39 Å². The first-order valence-corrected chi connectivity index (χ1v) is 7.28. The van der Waals surface area contributed by atoms with Gasteiger partial charge in [-0.3, -0.25) is 4.90 Å². The molecule has 0 spiro atoms. The number of likely N-dealkylation sites (tertiary alicyclic amines) is 1. The van der Waals surface area contributed by atoms with E-state index in [4.69, 9.17) is 5.73 Å². The van der Waals surface area contributed by atoms with Crippen molar-refractivity contribution in [2.45, 2.75) is 58.2 Å². The van der Waals surface area contributed by atoms with Gasteiger partial charge >= 0.3 is 0 Å². The van der Waals surface area contributed by atoms with Crippen LogP contribution in [0.25, 0.3) is 0 Å². The Hall–Kier alpha value is -0.930. The molecule has 1 aromatic rings. The van der Waals surface area contributed by atoms with Crippen LogP contribution in [0.15, 0.2) is 18.2 Å². The maximum atomic E-state index is 13.5. The number of rotatable bonds is 2. The van der Waals surface area contributed by atoms with Crippen LogP contribution in [0.2, 0.25) is 0 Å². The molecule has 1 aliphatic rings. The summed E-state index contributed by atoms with van der Waals surface area (Å²) in [5, 5.41) is 0. The van der Waals surface area contributed by atoms with E-state index in [9.17, 15) is 4.39 Å². The van der Waals surface area contributed by atoms with Gasteiger partial charge in [0.2, 0.25) is 0 Å². The summed E-state index contributed by atoms with van der Waals surface area (Å²) in [5.74, 6) is -0.137. The van der Waals surface area contributed by atoms with Gasteiger partial charge in [0.1, 0.15) is 5.82 Å². The van der Waals surface area contributed by atoms with Crippen LogP contribution < -0.4 is 5.73 Å². The van der Waals surface area contributed by atoms with Crippen molar-refractivity contribution in [1.29, 1.82) is 0 Å². The molecule has 3 heteroatoms. The van der Waals surface area contributed by atoms with Crippen molar-refractivity contribution >= 4 is 0 Å². The fraction of sp³-hybridized carbons (Fsp3) is 0.625. The number of nitrogens with two attached hydrogens (primary N) is 1. The maximum Gasteiger partial charge on any atom is 0.126 e. The smallest absolute Gasteiger partial charge is 0.126 e. The fourth-order valence-electron chi connectivity index (χ4n) is 3.09. The van der Waals surface area contributed by atoms with E-state index < -0.39 is 0 Å². The molecule has 1 heterocycles. The van der Waals surface area contributed by atoms with Crippen LogP contribution in [0.3, 0.4) is 0 Å². The van der Waals surface area contributed by atoms with Crippen molar-refractivity contribution in [2.24, 2.45) is 5.73 Å². The van der Waals surface area contributed by atoms with Gasteiger partial charge in [0.15, 0.2) is 0 Å². The Morgan fingerprint density at radius 1 is 1.32 bits per heavy atom. The van der Waals surface area contributed by atoms with E-state index in [1.807, 2.05) is 19.1 Å². The summed E-state index contributed by atoms with van der Waals surface area (Å²) in [4.78, 5) is 2.46. The molecule has 1 aliphatic heterocycles. The predicted molar refractivity (Wildman–Crippen MR) is 77.5 cm³/mol. The molecule has 106 valence electrons. The molecule has 2 unspecified atom stereocenters. The molecule has 2 nitrogen and oxygen atoms in total. The third kappa shape index (κ3) is 3.15. The maximum absolute atomic E-state index is 13.5. The Bertz CT molecular complexity index is 431. The van der Waals surface area contributed by atoms with E-state index in [-0.39, 0.29) is 17.9 Å². The molecule has 0 aromatic heterocycles. The first-order chi connectivity index (χ1) is 9.00. The number of nitrogens with zero attached hydrogens (tertiary/aromatic N) is 1. The van der Waals surface area contributed by atoms with Gasteiger partial charge < -0.3 is 5.73 Å². The standard InChI is InChI=1S/C16H25FN2/c1-11(2)19-9-5-4-6-15(18)16(19)13-7-8-14(17)12(3)10-13/h7-8,10-11,15-16H,4-6,9,18H2,1-3H3. The average molecular weight is 264 g/mol. The minimum atomic E-state index is -0.137. The van der Waals surface area contributed by atoms with E-state index >= 15 is 0 Å². The Balaban J connectivity index is 2.37. The van der Waals surface area contributed by atoms with Crippen molar-refractivity contribution in [3.05, 3.63) is 35.1 Å². The van der Waals surface area contributed by atoms with Gasteiger partial charge in [-0.2, -0.15) is 0 Å². The lowest BCUT2D eigenvalue weighted by atomic mass is 9.94. The summed E-state index contributed by atoms with van der Waals surface area (Å²) in [7, 11) is 0. The van der Waals surface area contributed by atoms with Crippen LogP contribution >= 0.6 is 0 Å². The van der Waals surface area contributed by atoms with Crippen LogP contribution in [0.1, 0.15) is 50.3 Å². The molecule has 2 rings (SSSR count). The summed E-state index contributed by atoms with van der Waals surface area (Å²) in [6, 6.07) is 6.23. The minimum Gasteiger partial charge on any atom is -0.326 e. The van der Waals surface area contributed by atoms with Crippen molar-refractivity contribution in [3.8, 4) is 0 Å². The second-order valence-corrected chi connectivity index (χ2v) is 5.94. The van der Waals surface area contributed by atoms with Crippen LogP contribution in [0.4, 0.5) is 4.39 Å². The first-order valence-electron chi connectivity index (χ1n) is 7.28. The number of benzene rings is 1. The zero-order chi connectivity index (χ0) is 14.0. The lowest BCUT2D eigenvalue weighted by molar-refractivity contribution is 0.144. The van der Waals surface area contributed by atoms with Gasteiger partial charge in [-0.15, -0.1) is 0 Å². The lowest BCUT2D eigenvalue weighted by Gasteiger charge is -2.37. The SMILES string of the molecule is Cc1cc(C2C(N)CCCCN2C(C)C)ccc1F. The minimum absolute atomic E-state index is 0.134. The van der Waals surface area contributed by atoms with Crippen LogP contribution in [0, 0.1) is 12.7 Å². The fourth-order valence-corrected chi connectivity index (χ4v) is 3.09. The summed E-state index contributed by atoms with van der Waals surface area (Å²) in [6.07, 6.45) is 3.42. The van der Waals surface area contributed by atoms with E-state index in [0.29, 0.717) is 11.6 Å². The molecule has 0 amide bonds. The van der Waals surface area contributed by atoms with Crippen LogP contribution in [-0.2, 0) is 0 Å². The molecule has 1 saturated heterocycles. The Kier molecular flexibility index (Phi) is 4.58. The van der Waals surface area contributed by atoms with E-state index in [2.05, 4.69) is 18.7 Å². The normalized spacial score (nSPS) is 25.6. The average Bonchev–Trinajstić information content (AvgIpc) is 2.55. The quantitative estimate of drug-likeness (QED) is 0.887. The van der Waals surface area contributed by atoms with E-state index in [0.717, 1.165) is 18.5 Å². The van der Waals surface area contributed by atoms with E-state index in [1.54, 1.807) is 6.07 Å². The summed E-state index contributed by atoms with van der Waals surface area (Å²) in [5.41, 5.74) is 8.25. The molecule has 1 fully saturated rings. The van der Waals surface area contributed by atoms with Crippen molar-refractivity contribution in [2.75, 3.05) is 6.54 Å². The highest BCUT2D eigenvalue weighted by Crippen LogP contribution is 2.31. The van der Waals surface area contributed by atoms with Crippen molar-refractivity contribution < 1.29 is 4.39 Å². The number of hydrogen-bond acceptors (Lipinski definition) is 2. The third-order valence-electron chi connectivity index (χ3n) is 4.15. The molecule has 19 heavy (non-hydrogen) atoms. The summed E-state index contributed by atoms with van der Waals surface area (Å²) >= 11 is 0. The van der Waals surface area contributed by atoms with Gasteiger partial charge in [0.25, 0.3) is 0 Å². The molecule has 0 saturated carbocycles. The predicted octanol–water partition coefficient (Wildman–Crippen LogP) is 3.40. The lowest BCUT2D eigenvalue weighted by Crippen LogP contribution is -2.43. The first kappa shape index (κ1) is 14.5. The number of halogens is 1. The molecular weight excluding hydrogens is 239 g/mol. The summed E-state index contributed by atoms with van der Waals surface area (Å²) < 4.78 is 13.5. The van der Waals surface area contributed by atoms with Crippen LogP contribution in [-0.4, -0.2) is 23.5 Å². The monoisotopic (exact) mass is 264 g/mol. The largest absolute Gasteiger partial charge is 0.326 e. The Labute approximate surface area is 115 Å². The molecule has 0 aliphatic carbocycles. The highest BCUT2D eigenvalue weighted by molar-refractivity contribution is 5.28. The second kappa shape index (κ2) is 6.02. The van der Waals surface area contributed by atoms with Gasteiger partial charge in [0.05, 0.1) is 6.04 Å². The highest BCUT2D eigenvalue weighted by atomic mass is 19.1. The summed E-state index contributed by atoms with van der Waals surface area (Å²) in [6.45, 7) is 7.32. The molecule has 0 radical (unpaired) electrons. The van der Waals surface area contributed by atoms with E-state index in [1.165, 1.54) is 12.8 Å². The topological polar surface area (TPSA) is 29.3 Å². The van der Waals surface area contributed by atoms with Gasteiger partial charge in [-0.05, 0) is 57.4 Å². The molecule has 2 N–H and O–H groups in total. The van der Waals surface area contributed by atoms with Crippen LogP contribution in [0.5, 0.6) is 0 Å². The molecule has 0 bridgehead atoms. The zero-order valence-electron chi connectivity index (χ0n) is 12.2. The van der Waals surface area contributed by atoms with Crippen molar-refractivity contribution in [1.82, 2.24) is 4.90 Å².